The molecule has 1 N–H and O–H groups in total. The van der Waals surface area contributed by atoms with Gasteiger partial charge in [-0.15, -0.1) is 0 Å². The first-order valence-corrected chi connectivity index (χ1v) is 17.3. The lowest BCUT2D eigenvalue weighted by atomic mass is 9.98. The minimum atomic E-state index is 0.726. The highest BCUT2D eigenvalue weighted by atomic mass is 15.1. The first-order chi connectivity index (χ1) is 20.2. The fourth-order valence-corrected chi connectivity index (χ4v) is 6.29. The molecule has 0 aliphatic carbocycles. The van der Waals surface area contributed by atoms with Gasteiger partial charge in [0.2, 0.25) is 0 Å². The van der Waals surface area contributed by atoms with Gasteiger partial charge >= 0.3 is 0 Å². The van der Waals surface area contributed by atoms with Crippen LogP contribution in [0.2, 0.25) is 0 Å². The number of imidazole rings is 1. The van der Waals surface area contributed by atoms with Gasteiger partial charge in [0.05, 0.1) is 16.6 Å². The topological polar surface area (TPSA) is 53.1 Å². The molecule has 3 rings (SSSR count). The smallest absolute Gasteiger partial charge is 0.157 e. The van der Waals surface area contributed by atoms with Crippen molar-refractivity contribution >= 4 is 22.5 Å². The molecule has 0 atom stereocenters. The fraction of sp³-hybridized carbons (Fsp3) is 0.676. The van der Waals surface area contributed by atoms with Gasteiger partial charge in [-0.25, -0.2) is 4.98 Å². The van der Waals surface area contributed by atoms with Gasteiger partial charge in [-0.3, -0.25) is 4.40 Å². The average molecular weight is 559 g/mol. The Morgan fingerprint density at radius 1 is 0.707 bits per heavy atom. The lowest BCUT2D eigenvalue weighted by Crippen LogP contribution is -2.12. The Morgan fingerprint density at radius 2 is 1.22 bits per heavy atom. The Bertz CT molecular complexity index is 1190. The molecule has 226 valence electrons. The van der Waals surface area contributed by atoms with E-state index in [1.165, 1.54) is 134 Å². The summed E-state index contributed by atoms with van der Waals surface area (Å²) < 4.78 is 2.23. The molecular weight excluding hydrogens is 500 g/mol. The van der Waals surface area contributed by atoms with Crippen LogP contribution in [-0.2, 0) is 6.42 Å². The molecule has 4 nitrogen and oxygen atoms in total. The first kappa shape index (κ1) is 33.0. The van der Waals surface area contributed by atoms with Crippen LogP contribution in [0.5, 0.6) is 0 Å². The Morgan fingerprint density at radius 3 is 1.78 bits per heavy atom. The Hall–Kier alpha value is -2.54. The second kappa shape index (κ2) is 19.6. The third kappa shape index (κ3) is 10.4. The normalized spacial score (nSPS) is 11.5. The molecule has 0 saturated carbocycles. The highest BCUT2D eigenvalue weighted by Crippen LogP contribution is 2.32. The second-order valence-electron chi connectivity index (χ2n) is 12.2. The van der Waals surface area contributed by atoms with E-state index in [2.05, 4.69) is 54.8 Å². The van der Waals surface area contributed by atoms with Crippen molar-refractivity contribution in [1.82, 2.24) is 9.38 Å². The van der Waals surface area contributed by atoms with Crippen molar-refractivity contribution in [2.45, 2.75) is 156 Å². The summed E-state index contributed by atoms with van der Waals surface area (Å²) in [6.07, 6.45) is 28.0. The van der Waals surface area contributed by atoms with E-state index in [0.717, 1.165) is 46.6 Å². The molecule has 0 bridgehead atoms. The summed E-state index contributed by atoms with van der Waals surface area (Å²) in [4.78, 5) is 4.90. The number of aromatic nitrogens is 2. The number of hydrogen-bond donors (Lipinski definition) is 1. The molecule has 2 aromatic heterocycles. The summed E-state index contributed by atoms with van der Waals surface area (Å²) >= 11 is 0. The van der Waals surface area contributed by atoms with E-state index < -0.39 is 0 Å². The predicted octanol–water partition coefficient (Wildman–Crippen LogP) is 11.5. The van der Waals surface area contributed by atoms with Gasteiger partial charge < -0.3 is 5.32 Å². The predicted molar refractivity (Wildman–Crippen MR) is 178 cm³/mol. The molecule has 1 aromatic carbocycles. The van der Waals surface area contributed by atoms with E-state index in [1.54, 1.807) is 0 Å². The molecule has 2 heterocycles. The van der Waals surface area contributed by atoms with Crippen LogP contribution >= 0.6 is 0 Å². The summed E-state index contributed by atoms with van der Waals surface area (Å²) in [7, 11) is 0. The highest BCUT2D eigenvalue weighted by Gasteiger charge is 2.20. The van der Waals surface area contributed by atoms with Crippen LogP contribution in [0, 0.1) is 18.3 Å². The van der Waals surface area contributed by atoms with Gasteiger partial charge in [-0.05, 0) is 49.4 Å². The number of nitrogens with zero attached hydrogens (tertiary/aromatic N) is 3. The van der Waals surface area contributed by atoms with E-state index in [0.29, 0.717) is 0 Å². The maximum Gasteiger partial charge on any atom is 0.157 e. The summed E-state index contributed by atoms with van der Waals surface area (Å²) in [5.41, 5.74) is 5.97. The summed E-state index contributed by atoms with van der Waals surface area (Å²) in [5, 5.41) is 14.0. The highest BCUT2D eigenvalue weighted by molar-refractivity contribution is 5.86. The minimum Gasteiger partial charge on any atom is -0.371 e. The van der Waals surface area contributed by atoms with Gasteiger partial charge in [0.25, 0.3) is 0 Å². The molecular formula is C37H58N4. The van der Waals surface area contributed by atoms with Gasteiger partial charge in [-0.2, -0.15) is 5.26 Å². The van der Waals surface area contributed by atoms with Crippen molar-refractivity contribution in [1.29, 1.82) is 5.26 Å². The average Bonchev–Trinajstić information content (AvgIpc) is 3.37. The van der Waals surface area contributed by atoms with Crippen LogP contribution in [-0.4, -0.2) is 15.9 Å². The molecule has 0 spiro atoms. The van der Waals surface area contributed by atoms with Gasteiger partial charge in [0.1, 0.15) is 11.9 Å². The van der Waals surface area contributed by atoms with Gasteiger partial charge in [0.15, 0.2) is 5.65 Å². The molecule has 3 aromatic rings. The van der Waals surface area contributed by atoms with Crippen molar-refractivity contribution in [3.8, 4) is 6.07 Å². The zero-order valence-corrected chi connectivity index (χ0v) is 26.7. The van der Waals surface area contributed by atoms with Crippen LogP contribution in [0.1, 0.15) is 159 Å². The van der Waals surface area contributed by atoms with Crippen molar-refractivity contribution in [3.63, 3.8) is 0 Å². The number of anilines is 1. The molecule has 0 amide bonds. The van der Waals surface area contributed by atoms with Crippen LogP contribution < -0.4 is 5.32 Å². The maximum atomic E-state index is 10.1. The van der Waals surface area contributed by atoms with E-state index in [1.807, 2.05) is 6.07 Å². The van der Waals surface area contributed by atoms with Gasteiger partial charge in [-0.1, -0.05) is 142 Å². The summed E-state index contributed by atoms with van der Waals surface area (Å²) in [6.45, 7) is 7.66. The number of para-hydroxylation sites is 2. The van der Waals surface area contributed by atoms with E-state index in [9.17, 15) is 5.26 Å². The number of unbranched alkanes of at least 4 members (excludes halogenated alkanes) is 18. The maximum absolute atomic E-state index is 10.1. The largest absolute Gasteiger partial charge is 0.371 e. The number of rotatable bonds is 23. The SMILES string of the molecule is CCCCCCCCCCCCCCCCNc1c(CCCCCCCC)c(C)c(C#N)c2nc3ccccc3n12. The zero-order valence-electron chi connectivity index (χ0n) is 26.7. The molecule has 4 heteroatoms. The van der Waals surface area contributed by atoms with Crippen molar-refractivity contribution < 1.29 is 0 Å². The van der Waals surface area contributed by atoms with E-state index in [-0.39, 0.29) is 0 Å². The molecule has 0 fully saturated rings. The number of pyridine rings is 1. The monoisotopic (exact) mass is 558 g/mol. The lowest BCUT2D eigenvalue weighted by Gasteiger charge is -2.19. The van der Waals surface area contributed by atoms with E-state index in [4.69, 9.17) is 4.98 Å². The number of nitriles is 1. The van der Waals surface area contributed by atoms with Crippen molar-refractivity contribution in [2.75, 3.05) is 11.9 Å². The Balaban J connectivity index is 1.52. The van der Waals surface area contributed by atoms with Crippen LogP contribution in [0.15, 0.2) is 24.3 Å². The van der Waals surface area contributed by atoms with Gasteiger partial charge in [0, 0.05) is 6.54 Å². The zero-order chi connectivity index (χ0) is 29.1. The van der Waals surface area contributed by atoms with Crippen molar-refractivity contribution in [3.05, 3.63) is 41.0 Å². The molecule has 0 unspecified atom stereocenters. The third-order valence-corrected chi connectivity index (χ3v) is 8.84. The summed E-state index contributed by atoms with van der Waals surface area (Å²) in [5.74, 6) is 1.16. The third-order valence-electron chi connectivity index (χ3n) is 8.84. The fourth-order valence-electron chi connectivity index (χ4n) is 6.29. The first-order valence-electron chi connectivity index (χ1n) is 17.3. The van der Waals surface area contributed by atoms with Crippen LogP contribution in [0.4, 0.5) is 5.82 Å². The van der Waals surface area contributed by atoms with Crippen molar-refractivity contribution in [2.24, 2.45) is 0 Å². The molecule has 41 heavy (non-hydrogen) atoms. The molecule has 0 aliphatic rings. The number of fused-ring (bicyclic) bond motifs is 3. The summed E-state index contributed by atoms with van der Waals surface area (Å²) in [6, 6.07) is 10.8. The van der Waals surface area contributed by atoms with E-state index >= 15 is 0 Å². The molecule has 0 radical (unpaired) electrons. The second-order valence-corrected chi connectivity index (χ2v) is 12.2. The lowest BCUT2D eigenvalue weighted by molar-refractivity contribution is 0.537. The quantitative estimate of drug-likeness (QED) is 0.118. The Kier molecular flexibility index (Phi) is 15.7. The molecule has 0 saturated heterocycles. The number of nitrogens with one attached hydrogen (secondary N) is 1. The molecule has 0 aliphatic heterocycles. The van der Waals surface area contributed by atoms with Crippen LogP contribution in [0.25, 0.3) is 16.7 Å². The number of benzene rings is 1. The Labute approximate surface area is 251 Å². The standard InChI is InChI=1S/C37H58N4/c1-4-6-8-10-12-13-14-15-16-17-18-19-21-25-29-39-36-32(26-22-20-11-9-7-5-2)31(3)33(30-38)37-40-34-27-23-24-28-35(34)41(36)37/h23-24,27-28,39H,4-22,25-26,29H2,1-3H3. The minimum absolute atomic E-state index is 0.726. The number of hydrogen-bond acceptors (Lipinski definition) is 3. The van der Waals surface area contributed by atoms with Crippen LogP contribution in [0.3, 0.4) is 0 Å².